The fourth-order valence-corrected chi connectivity index (χ4v) is 1.82. The Labute approximate surface area is 113 Å². The van der Waals surface area contributed by atoms with Gasteiger partial charge in [-0.2, -0.15) is 0 Å². The Hall–Kier alpha value is -1.62. The van der Waals surface area contributed by atoms with Crippen molar-refractivity contribution in [3.8, 4) is 5.75 Å². The second-order valence-electron chi connectivity index (χ2n) is 4.56. The first-order valence-electron chi connectivity index (χ1n) is 6.65. The normalized spacial score (nSPS) is 12.2. The molecule has 1 atom stereocenters. The summed E-state index contributed by atoms with van der Waals surface area (Å²) in [6.45, 7) is 4.28. The Morgan fingerprint density at radius 1 is 1.37 bits per heavy atom. The lowest BCUT2D eigenvalue weighted by Crippen LogP contribution is -2.03. The van der Waals surface area contributed by atoms with Crippen molar-refractivity contribution in [3.63, 3.8) is 0 Å². The number of ether oxygens (including phenoxy) is 1. The van der Waals surface area contributed by atoms with Gasteiger partial charge in [-0.15, -0.1) is 0 Å². The number of aliphatic hydroxyl groups is 1. The van der Waals surface area contributed by atoms with E-state index >= 15 is 0 Å². The minimum Gasteiger partial charge on any atom is -0.493 e. The predicted molar refractivity (Wildman–Crippen MR) is 73.4 cm³/mol. The molecule has 19 heavy (non-hydrogen) atoms. The second kappa shape index (κ2) is 7.74. The molecule has 0 unspecified atom stereocenters. The van der Waals surface area contributed by atoms with Crippen LogP contribution >= 0.6 is 0 Å². The van der Waals surface area contributed by atoms with Gasteiger partial charge in [-0.05, 0) is 19.4 Å². The lowest BCUT2D eigenvalue weighted by atomic mass is 10.1. The molecule has 0 aliphatic heterocycles. The minimum atomic E-state index is -0.787. The molecule has 1 N–H and O–H groups in total. The third-order valence-corrected chi connectivity index (χ3v) is 2.91. The van der Waals surface area contributed by atoms with Crippen molar-refractivity contribution in [3.05, 3.63) is 33.9 Å². The van der Waals surface area contributed by atoms with E-state index in [-0.39, 0.29) is 5.69 Å². The van der Waals surface area contributed by atoms with Crippen LogP contribution < -0.4 is 4.74 Å². The zero-order valence-corrected chi connectivity index (χ0v) is 11.5. The number of nitro groups is 1. The first-order chi connectivity index (χ1) is 9.06. The van der Waals surface area contributed by atoms with Crippen molar-refractivity contribution in [2.45, 2.75) is 45.6 Å². The van der Waals surface area contributed by atoms with Gasteiger partial charge in [0.1, 0.15) is 5.75 Å². The summed E-state index contributed by atoms with van der Waals surface area (Å²) in [6, 6.07) is 4.32. The van der Waals surface area contributed by atoms with E-state index in [0.717, 1.165) is 19.3 Å². The van der Waals surface area contributed by atoms with Crippen LogP contribution in [0.4, 0.5) is 5.69 Å². The highest BCUT2D eigenvalue weighted by Gasteiger charge is 2.15. The second-order valence-corrected chi connectivity index (χ2v) is 4.56. The first-order valence-corrected chi connectivity index (χ1v) is 6.65. The summed E-state index contributed by atoms with van der Waals surface area (Å²) in [5, 5.41) is 20.4. The maximum Gasteiger partial charge on any atom is 0.270 e. The Balaban J connectivity index is 2.69. The summed E-state index contributed by atoms with van der Waals surface area (Å²) < 4.78 is 5.60. The van der Waals surface area contributed by atoms with Crippen molar-refractivity contribution < 1.29 is 14.8 Å². The molecule has 0 aliphatic carbocycles. The summed E-state index contributed by atoms with van der Waals surface area (Å²) in [4.78, 5) is 10.2. The van der Waals surface area contributed by atoms with Crippen LogP contribution in [0.25, 0.3) is 0 Å². The number of non-ortho nitro benzene ring substituents is 1. The van der Waals surface area contributed by atoms with Crippen molar-refractivity contribution in [1.29, 1.82) is 0 Å². The van der Waals surface area contributed by atoms with Gasteiger partial charge in [0.05, 0.1) is 17.6 Å². The molecule has 0 bridgehead atoms. The van der Waals surface area contributed by atoms with E-state index in [4.69, 9.17) is 4.74 Å². The Morgan fingerprint density at radius 2 is 2.11 bits per heavy atom. The quantitative estimate of drug-likeness (QED) is 0.443. The first kappa shape index (κ1) is 15.4. The van der Waals surface area contributed by atoms with Crippen LogP contribution in [0.3, 0.4) is 0 Å². The van der Waals surface area contributed by atoms with Gasteiger partial charge in [0.25, 0.3) is 5.69 Å². The van der Waals surface area contributed by atoms with Crippen LogP contribution in [0.5, 0.6) is 5.75 Å². The van der Waals surface area contributed by atoms with E-state index in [1.807, 2.05) is 0 Å². The van der Waals surface area contributed by atoms with Crippen molar-refractivity contribution in [2.24, 2.45) is 0 Å². The van der Waals surface area contributed by atoms with E-state index in [9.17, 15) is 15.2 Å². The van der Waals surface area contributed by atoms with Gasteiger partial charge in [0.2, 0.25) is 0 Å². The molecular formula is C14H21NO4. The monoisotopic (exact) mass is 267 g/mol. The van der Waals surface area contributed by atoms with E-state index in [1.54, 1.807) is 13.0 Å². The maximum atomic E-state index is 10.7. The Bertz CT molecular complexity index is 418. The van der Waals surface area contributed by atoms with E-state index in [2.05, 4.69) is 6.92 Å². The molecule has 5 heteroatoms. The van der Waals surface area contributed by atoms with Crippen molar-refractivity contribution in [2.75, 3.05) is 6.61 Å². The molecule has 0 saturated heterocycles. The molecule has 0 aliphatic rings. The predicted octanol–water partition coefficient (Wildman–Crippen LogP) is 3.61. The Kier molecular flexibility index (Phi) is 6.29. The highest BCUT2D eigenvalue weighted by molar-refractivity contribution is 5.44. The van der Waals surface area contributed by atoms with Gasteiger partial charge < -0.3 is 9.84 Å². The summed E-state index contributed by atoms with van der Waals surface area (Å²) in [6.07, 6.45) is 3.60. The summed E-state index contributed by atoms with van der Waals surface area (Å²) >= 11 is 0. The summed E-state index contributed by atoms with van der Waals surface area (Å²) in [5.41, 5.74) is 0.430. The molecule has 0 amide bonds. The minimum absolute atomic E-state index is 0.0331. The summed E-state index contributed by atoms with van der Waals surface area (Å²) in [5.74, 6) is 0.525. The van der Waals surface area contributed by atoms with E-state index in [1.165, 1.54) is 18.6 Å². The third-order valence-electron chi connectivity index (χ3n) is 2.91. The van der Waals surface area contributed by atoms with E-state index in [0.29, 0.717) is 17.9 Å². The fraction of sp³-hybridized carbons (Fsp3) is 0.571. The highest BCUT2D eigenvalue weighted by Crippen LogP contribution is 2.29. The average molecular weight is 267 g/mol. The molecule has 0 saturated carbocycles. The molecule has 106 valence electrons. The van der Waals surface area contributed by atoms with Gasteiger partial charge in [0.15, 0.2) is 0 Å². The lowest BCUT2D eigenvalue weighted by molar-refractivity contribution is -0.385. The van der Waals surface area contributed by atoms with Crippen molar-refractivity contribution >= 4 is 5.69 Å². The molecular weight excluding hydrogens is 246 g/mol. The number of hydrogen-bond acceptors (Lipinski definition) is 4. The molecule has 0 heterocycles. The standard InChI is InChI=1S/C14H21NO4/c1-3-4-5-6-9-19-14-8-7-12(15(17)18)10-13(14)11(2)16/h7-8,10-11,16H,3-6,9H2,1-2H3/t11-/m0/s1. The molecule has 0 spiro atoms. The smallest absolute Gasteiger partial charge is 0.270 e. The number of hydrogen-bond donors (Lipinski definition) is 1. The summed E-state index contributed by atoms with van der Waals surface area (Å²) in [7, 11) is 0. The SMILES string of the molecule is CCCCCCOc1ccc([N+](=O)[O-])cc1[C@H](C)O. The molecule has 0 radical (unpaired) electrons. The lowest BCUT2D eigenvalue weighted by Gasteiger charge is -2.13. The number of unbranched alkanes of at least 4 members (excludes halogenated alkanes) is 3. The molecule has 5 nitrogen and oxygen atoms in total. The van der Waals surface area contributed by atoms with Gasteiger partial charge in [-0.3, -0.25) is 10.1 Å². The Morgan fingerprint density at radius 3 is 2.68 bits per heavy atom. The zero-order chi connectivity index (χ0) is 14.3. The number of aliphatic hydroxyl groups excluding tert-OH is 1. The van der Waals surface area contributed by atoms with Crippen LogP contribution in [0, 0.1) is 10.1 Å². The third kappa shape index (κ3) is 4.87. The molecule has 1 rings (SSSR count). The van der Waals surface area contributed by atoms with Gasteiger partial charge in [-0.25, -0.2) is 0 Å². The molecule has 0 fully saturated rings. The van der Waals surface area contributed by atoms with Gasteiger partial charge >= 0.3 is 0 Å². The zero-order valence-electron chi connectivity index (χ0n) is 11.5. The largest absolute Gasteiger partial charge is 0.493 e. The van der Waals surface area contributed by atoms with Crippen LogP contribution in [0.1, 0.15) is 51.2 Å². The van der Waals surface area contributed by atoms with Gasteiger partial charge in [-0.1, -0.05) is 26.2 Å². The molecule has 0 aromatic heterocycles. The average Bonchev–Trinajstić information content (AvgIpc) is 2.38. The maximum absolute atomic E-state index is 10.7. The topological polar surface area (TPSA) is 72.6 Å². The number of nitrogens with zero attached hydrogens (tertiary/aromatic N) is 1. The van der Waals surface area contributed by atoms with E-state index < -0.39 is 11.0 Å². The number of rotatable bonds is 8. The van der Waals surface area contributed by atoms with Gasteiger partial charge in [0, 0.05) is 17.7 Å². The van der Waals surface area contributed by atoms with Crippen LogP contribution in [-0.4, -0.2) is 16.6 Å². The number of benzene rings is 1. The highest BCUT2D eigenvalue weighted by atomic mass is 16.6. The van der Waals surface area contributed by atoms with Crippen LogP contribution in [0.15, 0.2) is 18.2 Å². The molecule has 1 aromatic carbocycles. The number of nitro benzene ring substituents is 1. The molecule has 1 aromatic rings. The van der Waals surface area contributed by atoms with Crippen LogP contribution in [0.2, 0.25) is 0 Å². The van der Waals surface area contributed by atoms with Crippen molar-refractivity contribution in [1.82, 2.24) is 0 Å². The fourth-order valence-electron chi connectivity index (χ4n) is 1.82. The van der Waals surface area contributed by atoms with Crippen LogP contribution in [-0.2, 0) is 0 Å².